The van der Waals surface area contributed by atoms with Gasteiger partial charge < -0.3 is 14.7 Å². The molecule has 1 aromatic carbocycles. The summed E-state index contributed by atoms with van der Waals surface area (Å²) in [6, 6.07) is 13.0. The molecule has 0 unspecified atom stereocenters. The Morgan fingerprint density at radius 3 is 2.44 bits per heavy atom. The van der Waals surface area contributed by atoms with Gasteiger partial charge in [-0.05, 0) is 17.7 Å². The fourth-order valence-corrected chi connectivity index (χ4v) is 1.42. The van der Waals surface area contributed by atoms with Crippen molar-refractivity contribution in [3.05, 3.63) is 48.7 Å². The summed E-state index contributed by atoms with van der Waals surface area (Å²) in [4.78, 5) is 3.95. The van der Waals surface area contributed by atoms with Crippen LogP contribution in [0.3, 0.4) is 0 Å². The largest absolute Gasteiger partial charge is 0.708 e. The number of benzene rings is 1. The van der Waals surface area contributed by atoms with Crippen LogP contribution in [0.2, 0.25) is 0 Å². The Bertz CT molecular complexity index is 462. The summed E-state index contributed by atoms with van der Waals surface area (Å²) < 4.78 is 4.80. The smallest absolute Gasteiger partial charge is 0.497 e. The number of hydrogen-bond donors (Lipinski definition) is 2. The lowest BCUT2D eigenvalue weighted by atomic mass is 10.1. The van der Waals surface area contributed by atoms with Crippen LogP contribution in [0.25, 0.3) is 11.1 Å². The summed E-state index contributed by atoms with van der Waals surface area (Å²) in [5.74, 6) is 0.198. The molecule has 0 aliphatic rings. The zero-order chi connectivity index (χ0) is 11.4. The molecule has 4 nitrogen and oxygen atoms in total. The van der Waals surface area contributed by atoms with E-state index in [1.807, 2.05) is 30.3 Å². The molecule has 0 saturated carbocycles. The van der Waals surface area contributed by atoms with E-state index in [1.54, 1.807) is 12.1 Å². The Balaban J connectivity index is 2.41. The van der Waals surface area contributed by atoms with Crippen molar-refractivity contribution in [2.75, 3.05) is 0 Å². The van der Waals surface area contributed by atoms with Crippen molar-refractivity contribution >= 4 is 7.32 Å². The molecule has 0 fully saturated rings. The zero-order valence-electron chi connectivity index (χ0n) is 8.45. The van der Waals surface area contributed by atoms with Gasteiger partial charge in [-0.25, -0.2) is 4.98 Å². The van der Waals surface area contributed by atoms with Crippen molar-refractivity contribution in [1.82, 2.24) is 4.98 Å². The predicted octanol–water partition coefficient (Wildman–Crippen LogP) is 1.10. The van der Waals surface area contributed by atoms with Gasteiger partial charge in [0.2, 0.25) is 5.88 Å². The second kappa shape index (κ2) is 4.78. The predicted molar refractivity (Wildman–Crippen MR) is 60.5 cm³/mol. The van der Waals surface area contributed by atoms with E-state index in [0.29, 0.717) is 0 Å². The molecule has 0 radical (unpaired) electrons. The van der Waals surface area contributed by atoms with Gasteiger partial charge in [0.25, 0.3) is 0 Å². The highest BCUT2D eigenvalue weighted by Gasteiger charge is 2.15. The molecule has 1 heterocycles. The van der Waals surface area contributed by atoms with Gasteiger partial charge in [-0.15, -0.1) is 0 Å². The number of rotatable bonds is 3. The zero-order valence-corrected chi connectivity index (χ0v) is 8.45. The summed E-state index contributed by atoms with van der Waals surface area (Å²) in [5.41, 5.74) is 1.63. The summed E-state index contributed by atoms with van der Waals surface area (Å²) in [5, 5.41) is 17.5. The quantitative estimate of drug-likeness (QED) is 0.752. The summed E-state index contributed by atoms with van der Waals surface area (Å²) in [7, 11) is -1.86. The Labute approximate surface area is 93.3 Å². The fourth-order valence-electron chi connectivity index (χ4n) is 1.42. The molecule has 0 aliphatic heterocycles. The van der Waals surface area contributed by atoms with E-state index in [-0.39, 0.29) is 5.88 Å². The van der Waals surface area contributed by atoms with Gasteiger partial charge in [0.1, 0.15) is 0 Å². The molecule has 0 bridgehead atoms. The topological polar surface area (TPSA) is 62.6 Å². The molecule has 2 aromatic rings. The highest BCUT2D eigenvalue weighted by molar-refractivity contribution is 6.33. The van der Waals surface area contributed by atoms with Crippen LogP contribution in [0.5, 0.6) is 5.88 Å². The van der Waals surface area contributed by atoms with Gasteiger partial charge in [-0.3, -0.25) is 0 Å². The summed E-state index contributed by atoms with van der Waals surface area (Å²) in [6.45, 7) is 0. The van der Waals surface area contributed by atoms with Crippen molar-refractivity contribution < 1.29 is 14.7 Å². The lowest BCUT2D eigenvalue weighted by molar-refractivity contribution is 0.284. The molecular weight excluding hydrogens is 205 g/mol. The molecule has 2 N–H and O–H groups in total. The normalized spacial score (nSPS) is 9.88. The molecule has 0 spiro atoms. The second-order valence-electron chi connectivity index (χ2n) is 3.17. The van der Waals surface area contributed by atoms with Crippen LogP contribution in [0.4, 0.5) is 0 Å². The van der Waals surface area contributed by atoms with Crippen LogP contribution >= 0.6 is 0 Å². The summed E-state index contributed by atoms with van der Waals surface area (Å²) >= 11 is 0. The Kier molecular flexibility index (Phi) is 3.19. The van der Waals surface area contributed by atoms with Gasteiger partial charge in [-0.2, -0.15) is 0 Å². The van der Waals surface area contributed by atoms with E-state index < -0.39 is 7.32 Å². The maximum absolute atomic E-state index is 8.77. The Hall–Kier alpha value is -1.85. The van der Waals surface area contributed by atoms with Crippen LogP contribution in [-0.4, -0.2) is 22.4 Å². The number of aromatic nitrogens is 1. The van der Waals surface area contributed by atoms with E-state index >= 15 is 0 Å². The van der Waals surface area contributed by atoms with Gasteiger partial charge in [0.05, 0.1) is 0 Å². The molecule has 0 saturated heterocycles. The molecule has 5 heteroatoms. The first-order valence-corrected chi connectivity index (χ1v) is 4.80. The molecule has 16 heavy (non-hydrogen) atoms. The second-order valence-corrected chi connectivity index (χ2v) is 3.17. The Morgan fingerprint density at radius 1 is 1.00 bits per heavy atom. The first kappa shape index (κ1) is 10.7. The highest BCUT2D eigenvalue weighted by atomic mass is 16.6. The third-order valence-electron chi connectivity index (χ3n) is 2.07. The summed E-state index contributed by atoms with van der Waals surface area (Å²) in [6.07, 6.45) is 1.53. The van der Waals surface area contributed by atoms with E-state index in [4.69, 9.17) is 14.7 Å². The molecular formula is C11H10BNO3. The first-order chi connectivity index (χ1) is 7.77. The maximum atomic E-state index is 8.77. The van der Waals surface area contributed by atoms with Gasteiger partial charge in [0, 0.05) is 11.8 Å². The van der Waals surface area contributed by atoms with Gasteiger partial charge in [0.15, 0.2) is 0 Å². The highest BCUT2D eigenvalue weighted by Crippen LogP contribution is 2.27. The average Bonchev–Trinajstić information content (AvgIpc) is 2.30. The SMILES string of the molecule is OB(O)Oc1ncccc1-c1ccccc1. The van der Waals surface area contributed by atoms with Crippen LogP contribution in [0.1, 0.15) is 0 Å². The maximum Gasteiger partial charge on any atom is 0.708 e. The molecule has 0 aliphatic carbocycles. The number of nitrogens with zero attached hydrogens (tertiary/aromatic N) is 1. The van der Waals surface area contributed by atoms with Crippen molar-refractivity contribution in [3.63, 3.8) is 0 Å². The van der Waals surface area contributed by atoms with Crippen molar-refractivity contribution in [1.29, 1.82) is 0 Å². The minimum absolute atomic E-state index is 0.198. The van der Waals surface area contributed by atoms with Crippen molar-refractivity contribution in [2.24, 2.45) is 0 Å². The van der Waals surface area contributed by atoms with E-state index in [0.717, 1.165) is 11.1 Å². The third-order valence-corrected chi connectivity index (χ3v) is 2.07. The molecule has 0 amide bonds. The van der Waals surface area contributed by atoms with Crippen LogP contribution in [0, 0.1) is 0 Å². The van der Waals surface area contributed by atoms with Crippen LogP contribution in [-0.2, 0) is 0 Å². The van der Waals surface area contributed by atoms with Crippen molar-refractivity contribution in [2.45, 2.75) is 0 Å². The lowest BCUT2D eigenvalue weighted by Gasteiger charge is -2.09. The van der Waals surface area contributed by atoms with Crippen molar-refractivity contribution in [3.8, 4) is 17.0 Å². The minimum atomic E-state index is -1.86. The van der Waals surface area contributed by atoms with E-state index in [9.17, 15) is 0 Å². The van der Waals surface area contributed by atoms with Crippen LogP contribution < -0.4 is 4.65 Å². The fraction of sp³-hybridized carbons (Fsp3) is 0. The molecule has 2 rings (SSSR count). The Morgan fingerprint density at radius 2 is 1.75 bits per heavy atom. The number of hydrogen-bond acceptors (Lipinski definition) is 4. The average molecular weight is 215 g/mol. The standard InChI is InChI=1S/C11H10BNO3/c14-12(15)16-11-10(7-4-8-13-11)9-5-2-1-3-6-9/h1-8,14-15H. The molecule has 1 aromatic heterocycles. The molecule has 80 valence electrons. The third kappa shape index (κ3) is 2.39. The monoisotopic (exact) mass is 215 g/mol. The van der Waals surface area contributed by atoms with E-state index in [2.05, 4.69) is 4.98 Å². The lowest BCUT2D eigenvalue weighted by Crippen LogP contribution is -2.21. The van der Waals surface area contributed by atoms with Gasteiger partial charge in [-0.1, -0.05) is 30.3 Å². The van der Waals surface area contributed by atoms with E-state index in [1.165, 1.54) is 6.20 Å². The number of pyridine rings is 1. The van der Waals surface area contributed by atoms with Gasteiger partial charge >= 0.3 is 7.32 Å². The van der Waals surface area contributed by atoms with Crippen LogP contribution in [0.15, 0.2) is 48.7 Å². The first-order valence-electron chi connectivity index (χ1n) is 4.80. The minimum Gasteiger partial charge on any atom is -0.497 e. The molecule has 0 atom stereocenters.